The van der Waals surface area contributed by atoms with Crippen molar-refractivity contribution in [2.75, 3.05) is 7.11 Å². The van der Waals surface area contributed by atoms with Crippen LogP contribution < -0.4 is 0 Å². The van der Waals surface area contributed by atoms with Gasteiger partial charge in [0, 0.05) is 5.92 Å². The lowest BCUT2D eigenvalue weighted by molar-refractivity contribution is 0.268. The van der Waals surface area contributed by atoms with Crippen molar-refractivity contribution in [2.24, 2.45) is 10.9 Å². The number of hydrogen-bond donors (Lipinski definition) is 1. The second kappa shape index (κ2) is 3.43. The van der Waals surface area contributed by atoms with Gasteiger partial charge in [-0.25, -0.2) is 0 Å². The zero-order valence-corrected chi connectivity index (χ0v) is 7.37. The standard InChI is InChI=1S/C9H13NO2/c1-6-4-5-7(12-3)8(10-2)9(6)11/h5-6,11H,2,4H2,1,3H3/t6-/m0/s1. The highest BCUT2D eigenvalue weighted by Crippen LogP contribution is 2.28. The van der Waals surface area contributed by atoms with Gasteiger partial charge in [-0.05, 0) is 19.2 Å². The molecule has 3 nitrogen and oxygen atoms in total. The largest absolute Gasteiger partial charge is 0.510 e. The van der Waals surface area contributed by atoms with Crippen molar-refractivity contribution in [1.29, 1.82) is 0 Å². The van der Waals surface area contributed by atoms with E-state index in [1.165, 1.54) is 0 Å². The normalized spacial score (nSPS) is 23.5. The molecule has 0 radical (unpaired) electrons. The Bertz CT molecular complexity index is 253. The molecule has 0 amide bonds. The summed E-state index contributed by atoms with van der Waals surface area (Å²) in [5, 5.41) is 9.56. The lowest BCUT2D eigenvalue weighted by Crippen LogP contribution is -2.09. The highest BCUT2D eigenvalue weighted by atomic mass is 16.5. The summed E-state index contributed by atoms with van der Waals surface area (Å²) in [5.74, 6) is 0.995. The van der Waals surface area contributed by atoms with Crippen LogP contribution >= 0.6 is 0 Å². The highest BCUT2D eigenvalue weighted by Gasteiger charge is 2.20. The maximum Gasteiger partial charge on any atom is 0.143 e. The maximum absolute atomic E-state index is 9.56. The Morgan fingerprint density at radius 1 is 1.75 bits per heavy atom. The molecule has 0 aromatic rings. The first kappa shape index (κ1) is 8.84. The molecule has 0 spiro atoms. The third kappa shape index (κ3) is 1.35. The van der Waals surface area contributed by atoms with Crippen LogP contribution in [0.2, 0.25) is 0 Å². The van der Waals surface area contributed by atoms with Gasteiger partial charge in [-0.15, -0.1) is 0 Å². The third-order valence-corrected chi connectivity index (χ3v) is 1.98. The van der Waals surface area contributed by atoms with E-state index in [9.17, 15) is 5.11 Å². The van der Waals surface area contributed by atoms with Gasteiger partial charge < -0.3 is 9.84 Å². The number of methoxy groups -OCH3 is 1. The number of rotatable bonds is 2. The monoisotopic (exact) mass is 167 g/mol. The van der Waals surface area contributed by atoms with E-state index in [4.69, 9.17) is 4.74 Å². The van der Waals surface area contributed by atoms with Gasteiger partial charge in [-0.2, -0.15) is 0 Å². The molecule has 1 rings (SSSR count). The van der Waals surface area contributed by atoms with Crippen LogP contribution in [0.25, 0.3) is 0 Å². The van der Waals surface area contributed by atoms with E-state index in [1.54, 1.807) is 7.11 Å². The van der Waals surface area contributed by atoms with Gasteiger partial charge >= 0.3 is 0 Å². The molecule has 0 fully saturated rings. The van der Waals surface area contributed by atoms with Crippen LogP contribution in [-0.4, -0.2) is 18.9 Å². The van der Waals surface area contributed by atoms with Crippen LogP contribution in [0, 0.1) is 5.92 Å². The Hall–Kier alpha value is -1.25. The molecule has 0 saturated carbocycles. The van der Waals surface area contributed by atoms with Gasteiger partial charge in [0.15, 0.2) is 0 Å². The van der Waals surface area contributed by atoms with Crippen molar-refractivity contribution in [2.45, 2.75) is 13.3 Å². The minimum Gasteiger partial charge on any atom is -0.510 e. The Labute approximate surface area is 72.1 Å². The molecule has 0 saturated heterocycles. The van der Waals surface area contributed by atoms with Crippen LogP contribution in [0.5, 0.6) is 0 Å². The Morgan fingerprint density at radius 3 is 2.92 bits per heavy atom. The van der Waals surface area contributed by atoms with Crippen molar-refractivity contribution in [3.05, 3.63) is 23.3 Å². The summed E-state index contributed by atoms with van der Waals surface area (Å²) in [4.78, 5) is 3.72. The van der Waals surface area contributed by atoms with Gasteiger partial charge in [0.2, 0.25) is 0 Å². The summed E-state index contributed by atoms with van der Waals surface area (Å²) in [5.41, 5.74) is 0.469. The van der Waals surface area contributed by atoms with Crippen molar-refractivity contribution in [1.82, 2.24) is 0 Å². The first-order chi connectivity index (χ1) is 5.70. The molecule has 66 valence electrons. The quantitative estimate of drug-likeness (QED) is 0.639. The molecule has 1 aliphatic rings. The summed E-state index contributed by atoms with van der Waals surface area (Å²) in [6.45, 7) is 5.31. The van der Waals surface area contributed by atoms with Crippen molar-refractivity contribution >= 4 is 6.72 Å². The molecule has 1 atom stereocenters. The second-order valence-electron chi connectivity index (χ2n) is 2.80. The Kier molecular flexibility index (Phi) is 2.53. The van der Waals surface area contributed by atoms with Crippen LogP contribution in [-0.2, 0) is 4.74 Å². The topological polar surface area (TPSA) is 41.8 Å². The smallest absolute Gasteiger partial charge is 0.143 e. The molecule has 3 heteroatoms. The summed E-state index contributed by atoms with van der Waals surface area (Å²) in [6.07, 6.45) is 2.70. The summed E-state index contributed by atoms with van der Waals surface area (Å²) in [7, 11) is 1.56. The number of aliphatic hydroxyl groups is 1. The SMILES string of the molecule is C=NC1=C(O)[C@@H](C)CC=C1OC. The highest BCUT2D eigenvalue weighted by molar-refractivity contribution is 5.39. The average Bonchev–Trinajstić information content (AvgIpc) is 2.09. The van der Waals surface area contributed by atoms with Crippen LogP contribution in [0.15, 0.2) is 28.3 Å². The van der Waals surface area contributed by atoms with E-state index in [0.29, 0.717) is 11.5 Å². The first-order valence-corrected chi connectivity index (χ1v) is 3.85. The maximum atomic E-state index is 9.56. The number of aliphatic hydroxyl groups excluding tert-OH is 1. The zero-order valence-electron chi connectivity index (χ0n) is 7.37. The summed E-state index contributed by atoms with van der Waals surface area (Å²) in [6, 6.07) is 0. The van der Waals surface area contributed by atoms with Crippen LogP contribution in [0.4, 0.5) is 0 Å². The van der Waals surface area contributed by atoms with E-state index in [-0.39, 0.29) is 11.7 Å². The van der Waals surface area contributed by atoms with E-state index >= 15 is 0 Å². The number of nitrogens with zero attached hydrogens (tertiary/aromatic N) is 1. The van der Waals surface area contributed by atoms with E-state index < -0.39 is 0 Å². The molecular formula is C9H13NO2. The molecule has 0 aromatic carbocycles. The second-order valence-corrected chi connectivity index (χ2v) is 2.80. The van der Waals surface area contributed by atoms with Gasteiger partial charge in [0.1, 0.15) is 17.2 Å². The molecule has 0 aliphatic heterocycles. The molecule has 12 heavy (non-hydrogen) atoms. The van der Waals surface area contributed by atoms with Gasteiger partial charge in [-0.3, -0.25) is 4.99 Å². The molecular weight excluding hydrogens is 154 g/mol. The minimum atomic E-state index is 0.115. The Balaban J connectivity index is 3.02. The van der Waals surface area contributed by atoms with Gasteiger partial charge in [0.05, 0.1) is 7.11 Å². The number of aliphatic imine (C=N–C) groups is 1. The molecule has 0 bridgehead atoms. The van der Waals surface area contributed by atoms with Gasteiger partial charge in [-0.1, -0.05) is 6.92 Å². The molecule has 1 N–H and O–H groups in total. The fraction of sp³-hybridized carbons (Fsp3) is 0.444. The molecule has 0 heterocycles. The lowest BCUT2D eigenvalue weighted by Gasteiger charge is -2.18. The van der Waals surface area contributed by atoms with Gasteiger partial charge in [0.25, 0.3) is 0 Å². The van der Waals surface area contributed by atoms with Crippen molar-refractivity contribution in [3.63, 3.8) is 0 Å². The molecule has 0 aromatic heterocycles. The van der Waals surface area contributed by atoms with E-state index in [0.717, 1.165) is 6.42 Å². The van der Waals surface area contributed by atoms with E-state index in [2.05, 4.69) is 11.7 Å². The van der Waals surface area contributed by atoms with Crippen LogP contribution in [0.1, 0.15) is 13.3 Å². The van der Waals surface area contributed by atoms with Crippen molar-refractivity contribution in [3.8, 4) is 0 Å². The zero-order chi connectivity index (χ0) is 9.14. The lowest BCUT2D eigenvalue weighted by atomic mass is 9.98. The number of ether oxygens (including phenoxy) is 1. The molecule has 1 aliphatic carbocycles. The van der Waals surface area contributed by atoms with E-state index in [1.807, 2.05) is 13.0 Å². The fourth-order valence-electron chi connectivity index (χ4n) is 1.19. The predicted octanol–water partition coefficient (Wildman–Crippen LogP) is 2.03. The minimum absolute atomic E-state index is 0.115. The third-order valence-electron chi connectivity index (χ3n) is 1.98. The predicted molar refractivity (Wildman–Crippen MR) is 48.1 cm³/mol. The van der Waals surface area contributed by atoms with Crippen molar-refractivity contribution < 1.29 is 9.84 Å². The summed E-state index contributed by atoms with van der Waals surface area (Å²) < 4.78 is 5.02. The number of allylic oxidation sites excluding steroid dienone is 2. The Morgan fingerprint density at radius 2 is 2.42 bits per heavy atom. The summed E-state index contributed by atoms with van der Waals surface area (Å²) >= 11 is 0. The average molecular weight is 167 g/mol. The fourth-order valence-corrected chi connectivity index (χ4v) is 1.19. The van der Waals surface area contributed by atoms with Crippen LogP contribution in [0.3, 0.4) is 0 Å². The molecule has 0 unspecified atom stereocenters. The first-order valence-electron chi connectivity index (χ1n) is 3.85. The number of hydrogen-bond acceptors (Lipinski definition) is 3.